The molecule has 1 fully saturated rings. The van der Waals surface area contributed by atoms with Gasteiger partial charge >= 0.3 is 0 Å². The van der Waals surface area contributed by atoms with E-state index in [9.17, 15) is 5.26 Å². The highest BCUT2D eigenvalue weighted by atomic mass is 15.1. The van der Waals surface area contributed by atoms with E-state index in [0.29, 0.717) is 5.92 Å². The first-order chi connectivity index (χ1) is 10.4. The second kappa shape index (κ2) is 6.56. The average molecular weight is 276 g/mol. The van der Waals surface area contributed by atoms with Crippen LogP contribution in [0.1, 0.15) is 23.5 Å². The van der Waals surface area contributed by atoms with Gasteiger partial charge in [0.15, 0.2) is 0 Å². The zero-order valence-corrected chi connectivity index (χ0v) is 12.2. The number of nitrogens with zero attached hydrogens (tertiary/aromatic N) is 2. The van der Waals surface area contributed by atoms with Crippen LogP contribution in [0.25, 0.3) is 0 Å². The van der Waals surface area contributed by atoms with Gasteiger partial charge in [0.25, 0.3) is 0 Å². The lowest BCUT2D eigenvalue weighted by molar-refractivity contribution is 0.312. The molecule has 1 aliphatic heterocycles. The maximum atomic E-state index is 9.55. The highest BCUT2D eigenvalue weighted by molar-refractivity contribution is 5.26. The Bertz CT molecular complexity index is 600. The highest BCUT2D eigenvalue weighted by Gasteiger charge is 2.30. The number of hydrogen-bond donors (Lipinski definition) is 0. The van der Waals surface area contributed by atoms with E-state index in [0.717, 1.165) is 31.6 Å². The van der Waals surface area contributed by atoms with E-state index >= 15 is 0 Å². The molecule has 0 N–H and O–H groups in total. The van der Waals surface area contributed by atoms with E-state index in [1.807, 2.05) is 18.2 Å². The summed E-state index contributed by atoms with van der Waals surface area (Å²) >= 11 is 0. The average Bonchev–Trinajstić information content (AvgIpc) is 2.98. The Labute approximate surface area is 126 Å². The summed E-state index contributed by atoms with van der Waals surface area (Å²) in [6.07, 6.45) is 1.11. The summed E-state index contributed by atoms with van der Waals surface area (Å²) in [5.74, 6) is 0.466. The summed E-state index contributed by atoms with van der Waals surface area (Å²) in [5, 5.41) is 9.55. The van der Waals surface area contributed by atoms with Gasteiger partial charge in [-0.05, 0) is 30.0 Å². The zero-order chi connectivity index (χ0) is 14.5. The number of rotatable bonds is 4. The first kappa shape index (κ1) is 13.9. The quantitative estimate of drug-likeness (QED) is 0.849. The van der Waals surface area contributed by atoms with E-state index in [1.165, 1.54) is 5.56 Å². The molecule has 2 atom stereocenters. The van der Waals surface area contributed by atoms with Crippen LogP contribution in [0.15, 0.2) is 60.7 Å². The Morgan fingerprint density at radius 1 is 1.05 bits per heavy atom. The van der Waals surface area contributed by atoms with Crippen molar-refractivity contribution in [3.05, 3.63) is 71.8 Å². The van der Waals surface area contributed by atoms with E-state index in [4.69, 9.17) is 0 Å². The number of likely N-dealkylation sites (tertiary alicyclic amines) is 1. The summed E-state index contributed by atoms with van der Waals surface area (Å²) in [7, 11) is 0. The van der Waals surface area contributed by atoms with Crippen molar-refractivity contribution in [3.8, 4) is 6.07 Å². The molecule has 2 aromatic rings. The van der Waals surface area contributed by atoms with Gasteiger partial charge in [0.05, 0.1) is 12.0 Å². The third kappa shape index (κ3) is 3.32. The van der Waals surface area contributed by atoms with Gasteiger partial charge in [-0.2, -0.15) is 5.26 Å². The Balaban J connectivity index is 1.65. The summed E-state index contributed by atoms with van der Waals surface area (Å²) in [6, 6.07) is 23.3. The van der Waals surface area contributed by atoms with E-state index < -0.39 is 0 Å². The van der Waals surface area contributed by atoms with Crippen LogP contribution in [0.4, 0.5) is 0 Å². The van der Waals surface area contributed by atoms with E-state index in [-0.39, 0.29) is 5.92 Å². The molecule has 0 saturated carbocycles. The van der Waals surface area contributed by atoms with Crippen molar-refractivity contribution < 1.29 is 0 Å². The molecular formula is C19H20N2. The molecule has 106 valence electrons. The predicted octanol–water partition coefficient (Wildman–Crippen LogP) is 3.82. The Kier molecular flexibility index (Phi) is 4.33. The molecule has 2 aromatic carbocycles. The van der Waals surface area contributed by atoms with Crippen LogP contribution in [0, 0.1) is 17.2 Å². The fourth-order valence-corrected chi connectivity index (χ4v) is 3.23. The van der Waals surface area contributed by atoms with Gasteiger partial charge in [0.1, 0.15) is 0 Å². The fourth-order valence-electron chi connectivity index (χ4n) is 3.23. The van der Waals surface area contributed by atoms with Gasteiger partial charge in [-0.1, -0.05) is 60.7 Å². The van der Waals surface area contributed by atoms with E-state index in [2.05, 4.69) is 53.4 Å². The molecule has 1 unspecified atom stereocenters. The van der Waals surface area contributed by atoms with Gasteiger partial charge < -0.3 is 0 Å². The minimum atomic E-state index is 0.0203. The van der Waals surface area contributed by atoms with Crippen LogP contribution in [-0.4, -0.2) is 18.0 Å². The van der Waals surface area contributed by atoms with Gasteiger partial charge in [-0.25, -0.2) is 0 Å². The van der Waals surface area contributed by atoms with Gasteiger partial charge in [-0.15, -0.1) is 0 Å². The minimum Gasteiger partial charge on any atom is -0.299 e. The van der Waals surface area contributed by atoms with Crippen molar-refractivity contribution in [2.75, 3.05) is 13.1 Å². The number of nitriles is 1. The first-order valence-electron chi connectivity index (χ1n) is 7.57. The Hall–Kier alpha value is -2.11. The van der Waals surface area contributed by atoms with Crippen LogP contribution in [0.5, 0.6) is 0 Å². The highest BCUT2D eigenvalue weighted by Crippen LogP contribution is 2.32. The van der Waals surface area contributed by atoms with Crippen LogP contribution < -0.4 is 0 Å². The molecule has 0 aliphatic carbocycles. The molecule has 1 saturated heterocycles. The molecule has 1 heterocycles. The SMILES string of the molecule is N#C[C@H](c1ccccc1)C1CCN(Cc2ccccc2)C1. The lowest BCUT2D eigenvalue weighted by atomic mass is 9.86. The smallest absolute Gasteiger partial charge is 0.0753 e. The molecule has 0 bridgehead atoms. The van der Waals surface area contributed by atoms with Crippen molar-refractivity contribution in [1.82, 2.24) is 4.90 Å². The van der Waals surface area contributed by atoms with Crippen molar-refractivity contribution in [3.63, 3.8) is 0 Å². The summed E-state index contributed by atoms with van der Waals surface area (Å²) < 4.78 is 0. The van der Waals surface area contributed by atoms with Crippen LogP contribution in [0.3, 0.4) is 0 Å². The van der Waals surface area contributed by atoms with Gasteiger partial charge in [0.2, 0.25) is 0 Å². The Morgan fingerprint density at radius 3 is 2.38 bits per heavy atom. The normalized spacial score (nSPS) is 20.0. The molecule has 21 heavy (non-hydrogen) atoms. The summed E-state index contributed by atoms with van der Waals surface area (Å²) in [5.41, 5.74) is 2.51. The lowest BCUT2D eigenvalue weighted by Crippen LogP contribution is -2.22. The molecule has 1 aliphatic rings. The largest absolute Gasteiger partial charge is 0.299 e. The maximum absolute atomic E-state index is 9.55. The second-order valence-corrected chi connectivity index (χ2v) is 5.79. The minimum absolute atomic E-state index is 0.0203. The molecule has 2 nitrogen and oxygen atoms in total. The third-order valence-corrected chi connectivity index (χ3v) is 4.33. The topological polar surface area (TPSA) is 27.0 Å². The van der Waals surface area contributed by atoms with Crippen LogP contribution in [0.2, 0.25) is 0 Å². The lowest BCUT2D eigenvalue weighted by Gasteiger charge is -2.19. The van der Waals surface area contributed by atoms with Crippen molar-refractivity contribution >= 4 is 0 Å². The van der Waals surface area contributed by atoms with Gasteiger partial charge in [-0.3, -0.25) is 4.90 Å². The van der Waals surface area contributed by atoms with Crippen LogP contribution >= 0.6 is 0 Å². The molecule has 0 spiro atoms. The zero-order valence-electron chi connectivity index (χ0n) is 12.2. The molecule has 3 rings (SSSR count). The van der Waals surface area contributed by atoms with Crippen molar-refractivity contribution in [2.24, 2.45) is 5.92 Å². The van der Waals surface area contributed by atoms with Gasteiger partial charge in [0, 0.05) is 13.1 Å². The molecule has 0 amide bonds. The molecular weight excluding hydrogens is 256 g/mol. The second-order valence-electron chi connectivity index (χ2n) is 5.79. The number of hydrogen-bond acceptors (Lipinski definition) is 2. The Morgan fingerprint density at radius 2 is 1.71 bits per heavy atom. The summed E-state index contributed by atoms with van der Waals surface area (Å²) in [6.45, 7) is 3.09. The predicted molar refractivity (Wildman–Crippen MR) is 84.6 cm³/mol. The van der Waals surface area contributed by atoms with Crippen molar-refractivity contribution in [2.45, 2.75) is 18.9 Å². The number of benzene rings is 2. The maximum Gasteiger partial charge on any atom is 0.0753 e. The third-order valence-electron chi connectivity index (χ3n) is 4.33. The molecule has 2 heteroatoms. The molecule has 0 aromatic heterocycles. The first-order valence-corrected chi connectivity index (χ1v) is 7.57. The van der Waals surface area contributed by atoms with E-state index in [1.54, 1.807) is 0 Å². The monoisotopic (exact) mass is 276 g/mol. The standard InChI is InChI=1S/C19H20N2/c20-13-19(17-9-5-2-6-10-17)18-11-12-21(15-18)14-16-7-3-1-4-8-16/h1-10,18-19H,11-12,14-15H2/t18?,19-/m1/s1. The molecule has 0 radical (unpaired) electrons. The fraction of sp³-hybridized carbons (Fsp3) is 0.316. The van der Waals surface area contributed by atoms with Crippen molar-refractivity contribution in [1.29, 1.82) is 5.26 Å². The summed E-state index contributed by atoms with van der Waals surface area (Å²) in [4.78, 5) is 2.47. The van der Waals surface area contributed by atoms with Crippen LogP contribution in [-0.2, 0) is 6.54 Å².